The van der Waals surface area contributed by atoms with Crippen molar-refractivity contribution in [2.24, 2.45) is 0 Å². The Hall–Kier alpha value is -3.30. The monoisotopic (exact) mass is 369 g/mol. The fraction of sp³-hybridized carbons (Fsp3) is 0.105. The smallest absolute Gasteiger partial charge is 0.307 e. The third-order valence-corrected chi connectivity index (χ3v) is 3.98. The Bertz CT molecular complexity index is 899. The summed E-state index contributed by atoms with van der Waals surface area (Å²) in [5.41, 5.74) is 2.41. The molecule has 132 valence electrons. The predicted molar refractivity (Wildman–Crippen MR) is 99.9 cm³/mol. The minimum atomic E-state index is -0.912. The Morgan fingerprint density at radius 2 is 1.92 bits per heavy atom. The topological polar surface area (TPSA) is 102 Å². The number of nitrogens with one attached hydrogen (secondary N) is 2. The Kier molecular flexibility index (Phi) is 6.36. The molecule has 0 aliphatic carbocycles. The number of hydrogen-bond acceptors (Lipinski definition) is 4. The third kappa shape index (κ3) is 5.10. The predicted octanol–water partition coefficient (Wildman–Crippen LogP) is 3.73. The van der Waals surface area contributed by atoms with Gasteiger partial charge in [-0.1, -0.05) is 29.8 Å². The lowest BCUT2D eigenvalue weighted by molar-refractivity contribution is -0.136. The fourth-order valence-corrected chi connectivity index (χ4v) is 2.30. The molecule has 6 nitrogen and oxygen atoms in total. The van der Waals surface area contributed by atoms with E-state index in [9.17, 15) is 14.9 Å². The van der Waals surface area contributed by atoms with Crippen molar-refractivity contribution in [3.8, 4) is 6.07 Å². The van der Waals surface area contributed by atoms with Crippen LogP contribution in [-0.2, 0) is 16.0 Å². The number of nitrogens with zero attached hydrogens (tertiary/aromatic N) is 1. The van der Waals surface area contributed by atoms with Crippen molar-refractivity contribution in [1.82, 2.24) is 0 Å². The minimum Gasteiger partial charge on any atom is -0.481 e. The Morgan fingerprint density at radius 1 is 1.23 bits per heavy atom. The number of benzene rings is 2. The summed E-state index contributed by atoms with van der Waals surface area (Å²) in [5.74, 6) is -1.47. The molecule has 2 rings (SSSR count). The highest BCUT2D eigenvalue weighted by Gasteiger charge is 2.11. The molecule has 0 fully saturated rings. The maximum atomic E-state index is 12.3. The van der Waals surface area contributed by atoms with E-state index in [4.69, 9.17) is 16.7 Å². The van der Waals surface area contributed by atoms with Crippen LogP contribution in [0.3, 0.4) is 0 Å². The average Bonchev–Trinajstić information content (AvgIpc) is 2.60. The van der Waals surface area contributed by atoms with Gasteiger partial charge in [0.25, 0.3) is 5.91 Å². The zero-order chi connectivity index (χ0) is 19.1. The van der Waals surface area contributed by atoms with Crippen molar-refractivity contribution in [1.29, 1.82) is 5.26 Å². The van der Waals surface area contributed by atoms with Gasteiger partial charge in [0.1, 0.15) is 11.6 Å². The van der Waals surface area contributed by atoms with Gasteiger partial charge in [0.15, 0.2) is 0 Å². The van der Waals surface area contributed by atoms with E-state index in [0.29, 0.717) is 27.5 Å². The second kappa shape index (κ2) is 8.70. The molecule has 0 saturated carbocycles. The molecule has 1 amide bonds. The summed E-state index contributed by atoms with van der Waals surface area (Å²) >= 11 is 6.02. The van der Waals surface area contributed by atoms with Crippen molar-refractivity contribution in [3.63, 3.8) is 0 Å². The van der Waals surface area contributed by atoms with Crippen LogP contribution in [0.25, 0.3) is 0 Å². The maximum Gasteiger partial charge on any atom is 0.307 e. The number of carbonyl (C=O) groups is 2. The van der Waals surface area contributed by atoms with E-state index in [0.717, 1.165) is 0 Å². The maximum absolute atomic E-state index is 12.3. The number of carboxylic acids is 1. The number of aliphatic carboxylic acids is 1. The number of rotatable bonds is 6. The molecule has 0 aliphatic rings. The van der Waals surface area contributed by atoms with Crippen LogP contribution in [0.4, 0.5) is 11.4 Å². The highest BCUT2D eigenvalue weighted by atomic mass is 35.5. The summed E-state index contributed by atoms with van der Waals surface area (Å²) in [5, 5.41) is 24.0. The molecule has 2 aromatic carbocycles. The van der Waals surface area contributed by atoms with Crippen LogP contribution in [0.2, 0.25) is 5.02 Å². The standard InChI is InChI=1S/C19H16ClN3O3/c1-12-16(20)3-2-4-17(12)23-19(26)14(10-21)11-22-15-7-5-13(6-8-15)9-18(24)25/h2-8,11,22H,9H2,1H3,(H,23,26)(H,24,25)/b14-11-. The van der Waals surface area contributed by atoms with Gasteiger partial charge in [-0.2, -0.15) is 5.26 Å². The summed E-state index contributed by atoms with van der Waals surface area (Å²) in [6.07, 6.45) is 1.22. The van der Waals surface area contributed by atoms with E-state index in [2.05, 4.69) is 10.6 Å². The van der Waals surface area contributed by atoms with Crippen molar-refractivity contribution in [2.45, 2.75) is 13.3 Å². The summed E-state index contributed by atoms with van der Waals surface area (Å²) in [6, 6.07) is 13.6. The number of hydrogen-bond donors (Lipinski definition) is 3. The number of carbonyl (C=O) groups excluding carboxylic acids is 1. The summed E-state index contributed by atoms with van der Waals surface area (Å²) < 4.78 is 0. The van der Waals surface area contributed by atoms with E-state index >= 15 is 0 Å². The number of carboxylic acid groups (broad SMARTS) is 1. The van der Waals surface area contributed by atoms with E-state index in [1.54, 1.807) is 49.4 Å². The van der Waals surface area contributed by atoms with Gasteiger partial charge in [0.2, 0.25) is 0 Å². The molecule has 0 aromatic heterocycles. The van der Waals surface area contributed by atoms with Gasteiger partial charge in [-0.05, 0) is 42.3 Å². The molecule has 0 atom stereocenters. The molecular weight excluding hydrogens is 354 g/mol. The van der Waals surface area contributed by atoms with Crippen LogP contribution in [-0.4, -0.2) is 17.0 Å². The lowest BCUT2D eigenvalue weighted by Gasteiger charge is -2.09. The van der Waals surface area contributed by atoms with Crippen LogP contribution in [0.5, 0.6) is 0 Å². The number of nitriles is 1. The van der Waals surface area contributed by atoms with Gasteiger partial charge in [-0.15, -0.1) is 0 Å². The van der Waals surface area contributed by atoms with Gasteiger partial charge >= 0.3 is 5.97 Å². The Balaban J connectivity index is 2.07. The van der Waals surface area contributed by atoms with Crippen LogP contribution in [0.15, 0.2) is 54.2 Å². The van der Waals surface area contributed by atoms with Gasteiger partial charge in [-0.3, -0.25) is 9.59 Å². The number of halogens is 1. The average molecular weight is 370 g/mol. The van der Waals surface area contributed by atoms with Gasteiger partial charge in [0.05, 0.1) is 6.42 Å². The van der Waals surface area contributed by atoms with Gasteiger partial charge < -0.3 is 15.7 Å². The largest absolute Gasteiger partial charge is 0.481 e. The third-order valence-electron chi connectivity index (χ3n) is 3.57. The normalized spacial score (nSPS) is 10.7. The number of anilines is 2. The summed E-state index contributed by atoms with van der Waals surface area (Å²) in [6.45, 7) is 1.77. The minimum absolute atomic E-state index is 0.0685. The van der Waals surface area contributed by atoms with E-state index in [1.807, 2.05) is 6.07 Å². The van der Waals surface area contributed by atoms with E-state index in [1.165, 1.54) is 6.20 Å². The molecule has 0 saturated heterocycles. The SMILES string of the molecule is Cc1c(Cl)cccc1NC(=O)/C(C#N)=C\Nc1ccc(CC(=O)O)cc1. The van der Waals surface area contributed by atoms with Crippen LogP contribution in [0.1, 0.15) is 11.1 Å². The second-order valence-corrected chi connectivity index (χ2v) is 5.86. The van der Waals surface area contributed by atoms with Crippen molar-refractivity contribution in [2.75, 3.05) is 10.6 Å². The first-order valence-corrected chi connectivity index (χ1v) is 8.02. The zero-order valence-corrected chi connectivity index (χ0v) is 14.7. The molecule has 0 radical (unpaired) electrons. The molecule has 0 spiro atoms. The van der Waals surface area contributed by atoms with Crippen molar-refractivity contribution in [3.05, 3.63) is 70.4 Å². The Morgan fingerprint density at radius 3 is 2.54 bits per heavy atom. The molecule has 0 heterocycles. The number of amides is 1. The molecule has 7 heteroatoms. The first-order valence-electron chi connectivity index (χ1n) is 7.64. The highest BCUT2D eigenvalue weighted by Crippen LogP contribution is 2.23. The van der Waals surface area contributed by atoms with Crippen LogP contribution in [0, 0.1) is 18.3 Å². The Labute approximate surface area is 155 Å². The lowest BCUT2D eigenvalue weighted by atomic mass is 10.1. The first-order chi connectivity index (χ1) is 12.4. The molecule has 0 bridgehead atoms. The van der Waals surface area contributed by atoms with Gasteiger partial charge in [-0.25, -0.2) is 0 Å². The molecule has 2 aromatic rings. The summed E-state index contributed by atoms with van der Waals surface area (Å²) in [7, 11) is 0. The molecule has 3 N–H and O–H groups in total. The molecule has 0 aliphatic heterocycles. The second-order valence-electron chi connectivity index (χ2n) is 5.45. The van der Waals surface area contributed by atoms with Crippen LogP contribution >= 0.6 is 11.6 Å². The summed E-state index contributed by atoms with van der Waals surface area (Å²) in [4.78, 5) is 22.9. The molecule has 26 heavy (non-hydrogen) atoms. The van der Waals surface area contributed by atoms with Crippen molar-refractivity contribution >= 4 is 34.9 Å². The van der Waals surface area contributed by atoms with E-state index < -0.39 is 11.9 Å². The highest BCUT2D eigenvalue weighted by molar-refractivity contribution is 6.31. The molecular formula is C19H16ClN3O3. The van der Waals surface area contributed by atoms with E-state index in [-0.39, 0.29) is 12.0 Å². The van der Waals surface area contributed by atoms with Gasteiger partial charge in [0, 0.05) is 22.6 Å². The quantitative estimate of drug-likeness (QED) is 0.531. The van der Waals surface area contributed by atoms with Crippen molar-refractivity contribution < 1.29 is 14.7 Å². The molecule has 0 unspecified atom stereocenters. The lowest BCUT2D eigenvalue weighted by Crippen LogP contribution is -2.15. The fourth-order valence-electron chi connectivity index (χ4n) is 2.13. The van der Waals surface area contributed by atoms with Crippen LogP contribution < -0.4 is 10.6 Å². The first kappa shape index (κ1) is 19.0. The zero-order valence-electron chi connectivity index (χ0n) is 13.9.